The largest absolute Gasteiger partial charge is 0.504 e. The topological polar surface area (TPSA) is 119 Å². The van der Waals surface area contributed by atoms with Crippen molar-refractivity contribution in [3.8, 4) is 11.5 Å². The molecule has 0 aromatic heterocycles. The van der Waals surface area contributed by atoms with E-state index < -0.39 is 24.2 Å². The summed E-state index contributed by atoms with van der Waals surface area (Å²) in [7, 11) is 0. The average molecular weight is 339 g/mol. The fraction of sp³-hybridized carbons (Fsp3) is 0.529. The van der Waals surface area contributed by atoms with E-state index in [9.17, 15) is 19.8 Å². The van der Waals surface area contributed by atoms with E-state index in [0.29, 0.717) is 18.4 Å². The van der Waals surface area contributed by atoms with Gasteiger partial charge in [-0.1, -0.05) is 13.0 Å². The molecule has 0 heterocycles. The maximum absolute atomic E-state index is 12.0. The maximum Gasteiger partial charge on any atom is 0.323 e. The first-order valence-electron chi connectivity index (χ1n) is 7.91. The molecule has 0 amide bonds. The third kappa shape index (κ3) is 6.08. The number of aromatic hydroxyl groups is 2. The van der Waals surface area contributed by atoms with Crippen molar-refractivity contribution < 1.29 is 29.3 Å². The summed E-state index contributed by atoms with van der Waals surface area (Å²) in [6.45, 7) is 5.14. The number of nitrogens with two attached hydrogens (primary N) is 1. The van der Waals surface area contributed by atoms with Gasteiger partial charge >= 0.3 is 11.9 Å². The number of carbonyl (C=O) groups excluding carboxylic acids is 2. The van der Waals surface area contributed by atoms with E-state index in [4.69, 9.17) is 15.2 Å². The lowest BCUT2D eigenvalue weighted by molar-refractivity contribution is -0.166. The molecule has 0 bridgehead atoms. The van der Waals surface area contributed by atoms with Crippen molar-refractivity contribution in [2.45, 2.75) is 58.3 Å². The van der Waals surface area contributed by atoms with Crippen LogP contribution in [0.4, 0.5) is 0 Å². The normalized spacial score (nSPS) is 14.5. The summed E-state index contributed by atoms with van der Waals surface area (Å²) in [5.41, 5.74) is 6.40. The third-order valence-corrected chi connectivity index (χ3v) is 3.53. The van der Waals surface area contributed by atoms with Crippen molar-refractivity contribution >= 4 is 11.9 Å². The summed E-state index contributed by atoms with van der Waals surface area (Å²) < 4.78 is 10.4. The molecule has 24 heavy (non-hydrogen) atoms. The van der Waals surface area contributed by atoms with Gasteiger partial charge in [0.25, 0.3) is 0 Å². The molecule has 134 valence electrons. The maximum atomic E-state index is 12.0. The number of hydrogen-bond acceptors (Lipinski definition) is 7. The molecule has 0 fully saturated rings. The standard InChI is InChI=1S/C17H25NO6/c1-4-5-16(21)23-10(2)11(3)24-17(22)13(18)8-12-6-7-14(19)15(20)9-12/h6-7,9-11,13,19-20H,4-5,8,18H2,1-3H3/t10-,11-,13-/m0/s1. The molecule has 1 aromatic rings. The van der Waals surface area contributed by atoms with Crippen LogP contribution in [0.3, 0.4) is 0 Å². The Bertz CT molecular complexity index is 574. The molecule has 0 aliphatic rings. The predicted octanol–water partition coefficient (Wildman–Crippen LogP) is 1.63. The van der Waals surface area contributed by atoms with Gasteiger partial charge in [-0.25, -0.2) is 0 Å². The van der Waals surface area contributed by atoms with E-state index in [-0.39, 0.29) is 23.9 Å². The zero-order valence-electron chi connectivity index (χ0n) is 14.2. The molecule has 3 atom stereocenters. The monoisotopic (exact) mass is 339 g/mol. The Balaban J connectivity index is 2.53. The van der Waals surface area contributed by atoms with Gasteiger partial charge in [-0.2, -0.15) is 0 Å². The SMILES string of the molecule is CCCC(=O)O[C@@H](C)[C@H](C)OC(=O)[C@@H](N)Cc1ccc(O)c(O)c1. The minimum absolute atomic E-state index is 0.142. The number of carbonyl (C=O) groups is 2. The molecule has 7 heteroatoms. The number of esters is 2. The van der Waals surface area contributed by atoms with Gasteiger partial charge in [-0.05, 0) is 44.4 Å². The Kier molecular flexibility index (Phi) is 7.51. The highest BCUT2D eigenvalue weighted by atomic mass is 16.6. The molecule has 7 nitrogen and oxygen atoms in total. The molecule has 0 saturated heterocycles. The molecule has 0 spiro atoms. The van der Waals surface area contributed by atoms with Gasteiger partial charge in [-0.3, -0.25) is 9.59 Å². The Morgan fingerprint density at radius 3 is 2.33 bits per heavy atom. The van der Waals surface area contributed by atoms with E-state index in [0.717, 1.165) is 0 Å². The quantitative estimate of drug-likeness (QED) is 0.486. The molecule has 4 N–H and O–H groups in total. The molecule has 1 rings (SSSR count). The lowest BCUT2D eigenvalue weighted by atomic mass is 10.1. The summed E-state index contributed by atoms with van der Waals surface area (Å²) in [6.07, 6.45) is -0.0574. The van der Waals surface area contributed by atoms with Gasteiger partial charge < -0.3 is 25.4 Å². The lowest BCUT2D eigenvalue weighted by Crippen LogP contribution is -2.39. The zero-order valence-corrected chi connectivity index (χ0v) is 14.2. The molecule has 0 aliphatic heterocycles. The Morgan fingerprint density at radius 2 is 1.75 bits per heavy atom. The van der Waals surface area contributed by atoms with Crippen molar-refractivity contribution in [2.24, 2.45) is 5.73 Å². The van der Waals surface area contributed by atoms with E-state index in [1.807, 2.05) is 6.92 Å². The minimum Gasteiger partial charge on any atom is -0.504 e. The molecular weight excluding hydrogens is 314 g/mol. The van der Waals surface area contributed by atoms with Gasteiger partial charge in [-0.15, -0.1) is 0 Å². The predicted molar refractivity (Wildman–Crippen MR) is 87.5 cm³/mol. The van der Waals surface area contributed by atoms with Crippen molar-refractivity contribution in [1.82, 2.24) is 0 Å². The highest BCUT2D eigenvalue weighted by Crippen LogP contribution is 2.25. The van der Waals surface area contributed by atoms with E-state index in [2.05, 4.69) is 0 Å². The van der Waals surface area contributed by atoms with Gasteiger partial charge in [0.1, 0.15) is 18.2 Å². The van der Waals surface area contributed by atoms with Gasteiger partial charge in [0.15, 0.2) is 11.5 Å². The summed E-state index contributed by atoms with van der Waals surface area (Å²) in [6, 6.07) is 3.28. The van der Waals surface area contributed by atoms with Crippen LogP contribution in [0.5, 0.6) is 11.5 Å². The van der Waals surface area contributed by atoms with Crippen molar-refractivity contribution in [2.75, 3.05) is 0 Å². The lowest BCUT2D eigenvalue weighted by Gasteiger charge is -2.22. The summed E-state index contributed by atoms with van der Waals surface area (Å²) in [5, 5.41) is 18.7. The molecule has 0 unspecified atom stereocenters. The zero-order chi connectivity index (χ0) is 18.3. The first kappa shape index (κ1) is 19.8. The highest BCUT2D eigenvalue weighted by molar-refractivity contribution is 5.76. The highest BCUT2D eigenvalue weighted by Gasteiger charge is 2.24. The van der Waals surface area contributed by atoms with Crippen LogP contribution >= 0.6 is 0 Å². The molecule has 0 saturated carbocycles. The smallest absolute Gasteiger partial charge is 0.323 e. The van der Waals surface area contributed by atoms with Crippen LogP contribution in [0.2, 0.25) is 0 Å². The van der Waals surface area contributed by atoms with Crippen LogP contribution in [0.1, 0.15) is 39.2 Å². The van der Waals surface area contributed by atoms with E-state index >= 15 is 0 Å². The Hall–Kier alpha value is -2.28. The number of phenols is 2. The van der Waals surface area contributed by atoms with Gasteiger partial charge in [0, 0.05) is 6.42 Å². The number of hydrogen-bond donors (Lipinski definition) is 3. The number of ether oxygens (including phenoxy) is 2. The molecule has 0 aliphatic carbocycles. The van der Waals surface area contributed by atoms with Crippen molar-refractivity contribution in [1.29, 1.82) is 0 Å². The molecule has 1 aromatic carbocycles. The van der Waals surface area contributed by atoms with E-state index in [1.54, 1.807) is 19.9 Å². The number of benzene rings is 1. The summed E-state index contributed by atoms with van der Waals surface area (Å²) in [4.78, 5) is 23.5. The second-order valence-electron chi connectivity index (χ2n) is 5.72. The van der Waals surface area contributed by atoms with Gasteiger partial charge in [0.05, 0.1) is 0 Å². The van der Waals surface area contributed by atoms with Gasteiger partial charge in [0.2, 0.25) is 0 Å². The number of rotatable bonds is 8. The first-order valence-corrected chi connectivity index (χ1v) is 7.91. The summed E-state index contributed by atoms with van der Waals surface area (Å²) in [5.74, 6) is -1.49. The second-order valence-corrected chi connectivity index (χ2v) is 5.72. The molecule has 0 radical (unpaired) electrons. The fourth-order valence-electron chi connectivity index (χ4n) is 1.97. The van der Waals surface area contributed by atoms with E-state index in [1.165, 1.54) is 12.1 Å². The molecular formula is C17H25NO6. The van der Waals surface area contributed by atoms with Crippen LogP contribution in [-0.4, -0.2) is 40.4 Å². The minimum atomic E-state index is -0.935. The van der Waals surface area contributed by atoms with Crippen LogP contribution in [0, 0.1) is 0 Å². The second kappa shape index (κ2) is 9.12. The van der Waals surface area contributed by atoms with Crippen LogP contribution in [-0.2, 0) is 25.5 Å². The van der Waals surface area contributed by atoms with Crippen LogP contribution in [0.25, 0.3) is 0 Å². The van der Waals surface area contributed by atoms with Crippen molar-refractivity contribution in [3.63, 3.8) is 0 Å². The average Bonchev–Trinajstić information content (AvgIpc) is 2.50. The fourth-order valence-corrected chi connectivity index (χ4v) is 1.97. The van der Waals surface area contributed by atoms with Crippen molar-refractivity contribution in [3.05, 3.63) is 23.8 Å². The first-order chi connectivity index (χ1) is 11.2. The van der Waals surface area contributed by atoms with Crippen LogP contribution < -0.4 is 5.73 Å². The third-order valence-electron chi connectivity index (χ3n) is 3.53. The Morgan fingerprint density at radius 1 is 1.12 bits per heavy atom. The van der Waals surface area contributed by atoms with Crippen LogP contribution in [0.15, 0.2) is 18.2 Å². The number of phenolic OH excluding ortho intramolecular Hbond substituents is 2. The summed E-state index contributed by atoms with van der Waals surface area (Å²) >= 11 is 0. The Labute approximate surface area is 141 Å².